The number of rotatable bonds is 5. The van der Waals surface area contributed by atoms with Gasteiger partial charge in [-0.25, -0.2) is 9.97 Å². The van der Waals surface area contributed by atoms with Crippen molar-refractivity contribution >= 4 is 33.3 Å². The third-order valence-electron chi connectivity index (χ3n) is 3.85. The number of nitrogens with zero attached hydrogens (tertiary/aromatic N) is 2. The number of carbonyl (C=O) groups is 1. The summed E-state index contributed by atoms with van der Waals surface area (Å²) in [5.41, 5.74) is 2.10. The highest BCUT2D eigenvalue weighted by atomic mass is 79.9. The van der Waals surface area contributed by atoms with Crippen molar-refractivity contribution in [2.75, 3.05) is 23.8 Å². The van der Waals surface area contributed by atoms with Crippen LogP contribution in [-0.2, 0) is 4.74 Å². The molecule has 3 rings (SSSR count). The maximum absolute atomic E-state index is 12.4. The van der Waals surface area contributed by atoms with E-state index in [1.54, 1.807) is 6.07 Å². The van der Waals surface area contributed by atoms with E-state index >= 15 is 0 Å². The average molecular weight is 391 g/mol. The summed E-state index contributed by atoms with van der Waals surface area (Å²) in [7, 11) is 0. The van der Waals surface area contributed by atoms with Gasteiger partial charge in [0.25, 0.3) is 5.91 Å². The van der Waals surface area contributed by atoms with Crippen LogP contribution >= 0.6 is 15.9 Å². The summed E-state index contributed by atoms with van der Waals surface area (Å²) in [6, 6.07) is 7.29. The Balaban J connectivity index is 1.63. The smallest absolute Gasteiger partial charge is 0.274 e. The number of amides is 1. The summed E-state index contributed by atoms with van der Waals surface area (Å²) < 4.78 is 6.57. The molecular formula is C17H19BrN4O2. The number of carbonyl (C=O) groups excluding carboxylic acids is 1. The fraction of sp³-hybridized carbons (Fsp3) is 0.353. The van der Waals surface area contributed by atoms with E-state index in [-0.39, 0.29) is 12.0 Å². The normalized spacial score (nSPS) is 16.8. The van der Waals surface area contributed by atoms with Gasteiger partial charge in [-0.05, 0) is 43.5 Å². The van der Waals surface area contributed by atoms with Crippen molar-refractivity contribution in [3.63, 3.8) is 0 Å². The first-order valence-corrected chi connectivity index (χ1v) is 8.66. The number of aryl methyl sites for hydroxylation is 1. The van der Waals surface area contributed by atoms with Gasteiger partial charge in [0.2, 0.25) is 0 Å². The molecule has 2 N–H and O–H groups in total. The molecule has 1 aromatic heterocycles. The summed E-state index contributed by atoms with van der Waals surface area (Å²) >= 11 is 3.44. The van der Waals surface area contributed by atoms with E-state index in [9.17, 15) is 4.79 Å². The summed E-state index contributed by atoms with van der Waals surface area (Å²) in [4.78, 5) is 20.6. The van der Waals surface area contributed by atoms with E-state index in [4.69, 9.17) is 4.74 Å². The molecular weight excluding hydrogens is 372 g/mol. The Kier molecular flexibility index (Phi) is 5.42. The molecule has 0 saturated carbocycles. The van der Waals surface area contributed by atoms with E-state index in [0.29, 0.717) is 18.1 Å². The zero-order valence-electron chi connectivity index (χ0n) is 13.4. The molecule has 0 spiro atoms. The predicted molar refractivity (Wildman–Crippen MR) is 96.3 cm³/mol. The first-order chi connectivity index (χ1) is 11.6. The van der Waals surface area contributed by atoms with Crippen LogP contribution in [0.3, 0.4) is 0 Å². The number of nitrogens with one attached hydrogen (secondary N) is 2. The van der Waals surface area contributed by atoms with Gasteiger partial charge in [0.1, 0.15) is 17.8 Å². The molecule has 7 heteroatoms. The minimum absolute atomic E-state index is 0.211. The van der Waals surface area contributed by atoms with Crippen LogP contribution in [-0.4, -0.2) is 35.1 Å². The third-order valence-corrected chi connectivity index (χ3v) is 4.74. The lowest BCUT2D eigenvalue weighted by Crippen LogP contribution is -2.20. The van der Waals surface area contributed by atoms with E-state index in [2.05, 4.69) is 36.5 Å². The van der Waals surface area contributed by atoms with Gasteiger partial charge in [-0.1, -0.05) is 15.9 Å². The number of hydrogen-bond donors (Lipinski definition) is 2. The molecule has 1 amide bonds. The van der Waals surface area contributed by atoms with E-state index in [1.807, 2.05) is 25.1 Å². The van der Waals surface area contributed by atoms with Crippen molar-refractivity contribution < 1.29 is 9.53 Å². The molecule has 1 aliphatic heterocycles. The van der Waals surface area contributed by atoms with Gasteiger partial charge >= 0.3 is 0 Å². The largest absolute Gasteiger partial charge is 0.376 e. The molecule has 1 fully saturated rings. The first-order valence-electron chi connectivity index (χ1n) is 7.87. The monoisotopic (exact) mass is 390 g/mol. The van der Waals surface area contributed by atoms with Crippen LogP contribution in [0.4, 0.5) is 11.5 Å². The lowest BCUT2D eigenvalue weighted by Gasteiger charge is -2.11. The summed E-state index contributed by atoms with van der Waals surface area (Å²) in [5, 5.41) is 6.05. The maximum Gasteiger partial charge on any atom is 0.274 e. The second kappa shape index (κ2) is 7.72. The minimum Gasteiger partial charge on any atom is -0.376 e. The van der Waals surface area contributed by atoms with Crippen LogP contribution in [0.2, 0.25) is 0 Å². The SMILES string of the molecule is Cc1cc(NC(=O)c2cc(NCC3CCCO3)ncn2)ccc1Br. The maximum atomic E-state index is 12.4. The van der Waals surface area contributed by atoms with Crippen molar-refractivity contribution in [1.82, 2.24) is 9.97 Å². The standard InChI is InChI=1S/C17H19BrN4O2/c1-11-7-12(4-5-14(11)18)22-17(23)15-8-16(21-10-20-15)19-9-13-3-2-6-24-13/h4-5,7-8,10,13H,2-3,6,9H2,1H3,(H,22,23)(H,19,20,21). The molecule has 0 bridgehead atoms. The van der Waals surface area contributed by atoms with Crippen LogP contribution in [0.15, 0.2) is 35.1 Å². The molecule has 1 aromatic carbocycles. The Morgan fingerprint density at radius 3 is 3.00 bits per heavy atom. The second-order valence-corrected chi connectivity index (χ2v) is 6.58. The van der Waals surface area contributed by atoms with Gasteiger partial charge in [0, 0.05) is 29.4 Å². The van der Waals surface area contributed by atoms with Crippen LogP contribution in [0.25, 0.3) is 0 Å². The quantitative estimate of drug-likeness (QED) is 0.817. The summed E-state index contributed by atoms with van der Waals surface area (Å²) in [6.45, 7) is 3.47. The molecule has 1 unspecified atom stereocenters. The fourth-order valence-electron chi connectivity index (χ4n) is 2.52. The molecule has 0 aliphatic carbocycles. The molecule has 2 heterocycles. The molecule has 1 atom stereocenters. The highest BCUT2D eigenvalue weighted by molar-refractivity contribution is 9.10. The van der Waals surface area contributed by atoms with Gasteiger partial charge in [0.15, 0.2) is 0 Å². The van der Waals surface area contributed by atoms with Gasteiger partial charge in [0.05, 0.1) is 6.10 Å². The molecule has 1 saturated heterocycles. The number of hydrogen-bond acceptors (Lipinski definition) is 5. The van der Waals surface area contributed by atoms with Crippen molar-refractivity contribution in [3.05, 3.63) is 46.3 Å². The number of halogens is 1. The van der Waals surface area contributed by atoms with Gasteiger partial charge in [-0.2, -0.15) is 0 Å². The average Bonchev–Trinajstić information content (AvgIpc) is 3.10. The molecule has 6 nitrogen and oxygen atoms in total. The van der Waals surface area contributed by atoms with Crippen molar-refractivity contribution in [1.29, 1.82) is 0 Å². The van der Waals surface area contributed by atoms with Crippen molar-refractivity contribution in [3.8, 4) is 0 Å². The zero-order valence-corrected chi connectivity index (χ0v) is 15.0. The van der Waals surface area contributed by atoms with Crippen LogP contribution < -0.4 is 10.6 Å². The molecule has 2 aromatic rings. The Morgan fingerprint density at radius 2 is 2.25 bits per heavy atom. The van der Waals surface area contributed by atoms with Crippen molar-refractivity contribution in [2.45, 2.75) is 25.9 Å². The predicted octanol–water partition coefficient (Wildman–Crippen LogP) is 3.39. The van der Waals surface area contributed by atoms with Gasteiger partial charge < -0.3 is 15.4 Å². The lowest BCUT2D eigenvalue weighted by atomic mass is 10.2. The highest BCUT2D eigenvalue weighted by Crippen LogP contribution is 2.20. The molecule has 24 heavy (non-hydrogen) atoms. The second-order valence-electron chi connectivity index (χ2n) is 5.72. The lowest BCUT2D eigenvalue weighted by molar-refractivity contribution is 0.102. The number of benzene rings is 1. The summed E-state index contributed by atoms with van der Waals surface area (Å²) in [5.74, 6) is 0.358. The Labute approximate surface area is 149 Å². The minimum atomic E-state index is -0.265. The van der Waals surface area contributed by atoms with Gasteiger partial charge in [-0.15, -0.1) is 0 Å². The Bertz CT molecular complexity index is 732. The Hall–Kier alpha value is -1.99. The van der Waals surface area contributed by atoms with Crippen LogP contribution in [0, 0.1) is 6.92 Å². The highest BCUT2D eigenvalue weighted by Gasteiger charge is 2.16. The van der Waals surface area contributed by atoms with E-state index < -0.39 is 0 Å². The molecule has 1 aliphatic rings. The topological polar surface area (TPSA) is 76.1 Å². The van der Waals surface area contributed by atoms with Crippen LogP contribution in [0.5, 0.6) is 0 Å². The van der Waals surface area contributed by atoms with E-state index in [1.165, 1.54) is 6.33 Å². The fourth-order valence-corrected chi connectivity index (χ4v) is 2.77. The molecule has 126 valence electrons. The number of ether oxygens (including phenoxy) is 1. The number of anilines is 2. The van der Waals surface area contributed by atoms with E-state index in [0.717, 1.165) is 35.2 Å². The van der Waals surface area contributed by atoms with Crippen molar-refractivity contribution in [2.24, 2.45) is 0 Å². The summed E-state index contributed by atoms with van der Waals surface area (Å²) in [6.07, 6.45) is 3.74. The van der Waals surface area contributed by atoms with Gasteiger partial charge in [-0.3, -0.25) is 4.79 Å². The van der Waals surface area contributed by atoms with Crippen LogP contribution in [0.1, 0.15) is 28.9 Å². The number of aromatic nitrogens is 2. The first kappa shape index (κ1) is 16.9. The Morgan fingerprint density at radius 1 is 1.38 bits per heavy atom. The molecule has 0 radical (unpaired) electrons. The zero-order chi connectivity index (χ0) is 16.9. The third kappa shape index (κ3) is 4.30.